The Balaban J connectivity index is 2.06. The number of benzene rings is 2. The number of halogens is 1. The van der Waals surface area contributed by atoms with Gasteiger partial charge in [0.2, 0.25) is 0 Å². The second-order valence-corrected chi connectivity index (χ2v) is 7.51. The first-order valence-electron chi connectivity index (χ1n) is 10.1. The monoisotopic (exact) mass is 411 g/mol. The maximum atomic E-state index is 13.5. The number of aliphatic hydroxyl groups is 1. The molecule has 3 rings (SSSR count). The van der Waals surface area contributed by atoms with Gasteiger partial charge in [-0.15, -0.1) is 0 Å². The van der Waals surface area contributed by atoms with Crippen LogP contribution in [0.15, 0.2) is 54.1 Å². The number of hydrogen-bond donors (Lipinski definition) is 1. The number of likely N-dealkylation sites (tertiary alicyclic amines) is 1. The normalized spacial score (nSPS) is 18.4. The first kappa shape index (κ1) is 21.7. The van der Waals surface area contributed by atoms with E-state index in [4.69, 9.17) is 4.74 Å². The molecule has 5 nitrogen and oxygen atoms in total. The van der Waals surface area contributed by atoms with E-state index in [1.54, 1.807) is 12.1 Å². The molecule has 1 aliphatic rings. The summed E-state index contributed by atoms with van der Waals surface area (Å²) in [6.07, 6.45) is 0.819. The molecule has 1 heterocycles. The molecule has 158 valence electrons. The summed E-state index contributed by atoms with van der Waals surface area (Å²) in [5.41, 5.74) is 2.09. The van der Waals surface area contributed by atoms with E-state index in [1.807, 2.05) is 32.9 Å². The quantitative estimate of drug-likeness (QED) is 0.421. The van der Waals surface area contributed by atoms with Crippen LogP contribution in [0.2, 0.25) is 0 Å². The van der Waals surface area contributed by atoms with Crippen LogP contribution in [0.25, 0.3) is 5.76 Å². The number of rotatable bonds is 7. The number of carbonyl (C=O) groups excluding carboxylic acids is 2. The minimum atomic E-state index is -0.813. The number of ether oxygens (including phenoxy) is 1. The van der Waals surface area contributed by atoms with Crippen LogP contribution in [0, 0.1) is 5.82 Å². The van der Waals surface area contributed by atoms with Crippen molar-refractivity contribution in [2.45, 2.75) is 39.3 Å². The molecule has 1 fully saturated rings. The van der Waals surface area contributed by atoms with E-state index in [1.165, 1.54) is 29.2 Å². The SMILES string of the molecule is CCc1ccc(/C(O)=C2/C(=O)C(=O)N(CCOC(C)C)C2c2ccc(F)cc2)cc1. The topological polar surface area (TPSA) is 66.8 Å². The third kappa shape index (κ3) is 4.44. The highest BCUT2D eigenvalue weighted by atomic mass is 19.1. The minimum absolute atomic E-state index is 0.000374. The van der Waals surface area contributed by atoms with Crippen LogP contribution in [0.5, 0.6) is 0 Å². The number of aliphatic hydroxyl groups excluding tert-OH is 1. The van der Waals surface area contributed by atoms with Crippen molar-refractivity contribution in [2.75, 3.05) is 13.2 Å². The number of nitrogens with zero attached hydrogens (tertiary/aromatic N) is 1. The van der Waals surface area contributed by atoms with E-state index in [0.29, 0.717) is 11.1 Å². The van der Waals surface area contributed by atoms with Crippen LogP contribution in [0.4, 0.5) is 4.39 Å². The Morgan fingerprint density at radius 3 is 2.30 bits per heavy atom. The van der Waals surface area contributed by atoms with Crippen LogP contribution in [0.1, 0.15) is 43.5 Å². The van der Waals surface area contributed by atoms with Crippen molar-refractivity contribution in [1.29, 1.82) is 0 Å². The zero-order chi connectivity index (χ0) is 21.8. The number of hydrogen-bond acceptors (Lipinski definition) is 4. The van der Waals surface area contributed by atoms with Crippen molar-refractivity contribution in [3.8, 4) is 0 Å². The molecule has 1 N–H and O–H groups in total. The smallest absolute Gasteiger partial charge is 0.295 e. The fourth-order valence-electron chi connectivity index (χ4n) is 3.54. The zero-order valence-corrected chi connectivity index (χ0v) is 17.4. The van der Waals surface area contributed by atoms with Gasteiger partial charge in [-0.1, -0.05) is 43.3 Å². The molecule has 2 aromatic carbocycles. The Morgan fingerprint density at radius 2 is 1.73 bits per heavy atom. The largest absolute Gasteiger partial charge is 0.507 e. The van der Waals surface area contributed by atoms with Gasteiger partial charge in [0.25, 0.3) is 11.7 Å². The third-order valence-electron chi connectivity index (χ3n) is 5.14. The Morgan fingerprint density at radius 1 is 1.10 bits per heavy atom. The molecule has 2 aromatic rings. The van der Waals surface area contributed by atoms with Crippen molar-refractivity contribution in [2.24, 2.45) is 0 Å². The molecule has 0 radical (unpaired) electrons. The van der Waals surface area contributed by atoms with Gasteiger partial charge < -0.3 is 14.7 Å². The maximum absolute atomic E-state index is 13.5. The van der Waals surface area contributed by atoms with Crippen LogP contribution in [0.3, 0.4) is 0 Å². The van der Waals surface area contributed by atoms with Crippen LogP contribution in [-0.4, -0.2) is 41.0 Å². The second kappa shape index (κ2) is 9.22. The van der Waals surface area contributed by atoms with Gasteiger partial charge in [0.15, 0.2) is 0 Å². The number of aryl methyl sites for hydroxylation is 1. The third-order valence-corrected chi connectivity index (χ3v) is 5.14. The lowest BCUT2D eigenvalue weighted by Gasteiger charge is -2.25. The van der Waals surface area contributed by atoms with Gasteiger partial charge in [-0.2, -0.15) is 0 Å². The minimum Gasteiger partial charge on any atom is -0.507 e. The highest BCUT2D eigenvalue weighted by Gasteiger charge is 2.45. The van der Waals surface area contributed by atoms with E-state index in [-0.39, 0.29) is 30.6 Å². The molecule has 0 spiro atoms. The predicted octanol–water partition coefficient (Wildman–Crippen LogP) is 4.23. The number of ketones is 1. The standard InChI is InChI=1S/C24H26FNO4/c1-4-16-5-7-18(8-6-16)22(27)20-21(17-9-11-19(25)12-10-17)26(24(29)23(20)28)13-14-30-15(2)3/h5-12,15,21,27H,4,13-14H2,1-3H3/b22-20-. The van der Waals surface area contributed by atoms with E-state index < -0.39 is 23.5 Å². The highest BCUT2D eigenvalue weighted by molar-refractivity contribution is 6.46. The van der Waals surface area contributed by atoms with E-state index in [9.17, 15) is 19.1 Å². The van der Waals surface area contributed by atoms with Crippen LogP contribution < -0.4 is 0 Å². The Bertz CT molecular complexity index is 948. The van der Waals surface area contributed by atoms with Gasteiger partial charge in [-0.05, 0) is 43.5 Å². The first-order valence-corrected chi connectivity index (χ1v) is 10.1. The number of carbonyl (C=O) groups is 2. The molecule has 0 aliphatic carbocycles. The Hall–Kier alpha value is -2.99. The van der Waals surface area contributed by atoms with E-state index in [2.05, 4.69) is 0 Å². The molecule has 30 heavy (non-hydrogen) atoms. The number of Topliss-reactive ketones (excluding diaryl/α,β-unsaturated/α-hetero) is 1. The van der Waals surface area contributed by atoms with Gasteiger partial charge in [0.1, 0.15) is 11.6 Å². The molecule has 1 atom stereocenters. The summed E-state index contributed by atoms with van der Waals surface area (Å²) >= 11 is 0. The van der Waals surface area contributed by atoms with Gasteiger partial charge in [-0.25, -0.2) is 4.39 Å². The fourth-order valence-corrected chi connectivity index (χ4v) is 3.54. The molecule has 1 amide bonds. The Kier molecular flexibility index (Phi) is 6.67. The highest BCUT2D eigenvalue weighted by Crippen LogP contribution is 2.39. The number of amides is 1. The molecule has 0 saturated carbocycles. The van der Waals surface area contributed by atoms with Crippen molar-refractivity contribution in [3.63, 3.8) is 0 Å². The summed E-state index contributed by atoms with van der Waals surface area (Å²) in [6, 6.07) is 12.0. The summed E-state index contributed by atoms with van der Waals surface area (Å²) in [5, 5.41) is 11.0. The van der Waals surface area contributed by atoms with Crippen molar-refractivity contribution < 1.29 is 23.8 Å². The Labute approximate surface area is 175 Å². The van der Waals surface area contributed by atoms with Crippen molar-refractivity contribution in [1.82, 2.24) is 4.90 Å². The predicted molar refractivity (Wildman–Crippen MR) is 112 cm³/mol. The average molecular weight is 411 g/mol. The fraction of sp³-hybridized carbons (Fsp3) is 0.333. The maximum Gasteiger partial charge on any atom is 0.295 e. The van der Waals surface area contributed by atoms with Gasteiger partial charge in [0, 0.05) is 12.1 Å². The van der Waals surface area contributed by atoms with Crippen molar-refractivity contribution in [3.05, 3.63) is 76.6 Å². The van der Waals surface area contributed by atoms with Gasteiger partial charge >= 0.3 is 0 Å². The molecule has 0 aromatic heterocycles. The summed E-state index contributed by atoms with van der Waals surface area (Å²) in [4.78, 5) is 27.0. The second-order valence-electron chi connectivity index (χ2n) is 7.51. The summed E-state index contributed by atoms with van der Waals surface area (Å²) in [6.45, 7) is 6.20. The van der Waals surface area contributed by atoms with Gasteiger partial charge in [0.05, 0.1) is 24.3 Å². The van der Waals surface area contributed by atoms with E-state index in [0.717, 1.165) is 12.0 Å². The van der Waals surface area contributed by atoms with Crippen LogP contribution in [-0.2, 0) is 20.7 Å². The molecular formula is C24H26FNO4. The van der Waals surface area contributed by atoms with Crippen LogP contribution >= 0.6 is 0 Å². The van der Waals surface area contributed by atoms with E-state index >= 15 is 0 Å². The lowest BCUT2D eigenvalue weighted by Crippen LogP contribution is -2.33. The molecule has 1 saturated heterocycles. The summed E-state index contributed by atoms with van der Waals surface area (Å²) < 4.78 is 19.0. The van der Waals surface area contributed by atoms with Crippen molar-refractivity contribution >= 4 is 17.4 Å². The lowest BCUT2D eigenvalue weighted by molar-refractivity contribution is -0.140. The zero-order valence-electron chi connectivity index (χ0n) is 17.4. The summed E-state index contributed by atoms with van der Waals surface area (Å²) in [5.74, 6) is -2.12. The molecular weight excluding hydrogens is 385 g/mol. The summed E-state index contributed by atoms with van der Waals surface area (Å²) in [7, 11) is 0. The average Bonchev–Trinajstić information content (AvgIpc) is 2.98. The molecule has 0 bridgehead atoms. The van der Waals surface area contributed by atoms with Gasteiger partial charge in [-0.3, -0.25) is 9.59 Å². The first-order chi connectivity index (χ1) is 14.3. The molecule has 1 aliphatic heterocycles. The molecule has 1 unspecified atom stereocenters. The lowest BCUT2D eigenvalue weighted by atomic mass is 9.95. The molecule has 6 heteroatoms.